The van der Waals surface area contributed by atoms with Crippen molar-refractivity contribution in [1.29, 1.82) is 0 Å². The fourth-order valence-electron chi connectivity index (χ4n) is 5.60. The van der Waals surface area contributed by atoms with Gasteiger partial charge in [0.2, 0.25) is 0 Å². The van der Waals surface area contributed by atoms with Crippen LogP contribution in [0.3, 0.4) is 0 Å². The Morgan fingerprint density at radius 2 is 1.65 bits per heavy atom. The first-order valence-electron chi connectivity index (χ1n) is 12.5. The molecule has 2 aliphatic carbocycles. The van der Waals surface area contributed by atoms with Crippen molar-refractivity contribution in [2.75, 3.05) is 33.8 Å². The molecule has 0 bridgehead atoms. The van der Waals surface area contributed by atoms with E-state index >= 15 is 0 Å². The number of rotatable bonds is 9. The van der Waals surface area contributed by atoms with Crippen molar-refractivity contribution < 1.29 is 14.6 Å². The van der Waals surface area contributed by atoms with Gasteiger partial charge in [0.15, 0.2) is 0 Å². The average molecular weight is 439 g/mol. The molecule has 0 unspecified atom stereocenters. The molecule has 4 N–H and O–H groups in total. The molecule has 180 valence electrons. The van der Waals surface area contributed by atoms with E-state index < -0.39 is 11.5 Å². The van der Waals surface area contributed by atoms with Gasteiger partial charge in [-0.25, -0.2) is 0 Å². The van der Waals surface area contributed by atoms with Gasteiger partial charge in [-0.05, 0) is 103 Å². The number of carbonyl (C=O) groups is 1. The lowest BCUT2D eigenvalue weighted by molar-refractivity contribution is -0.148. The average Bonchev–Trinajstić information content (AvgIpc) is 2.79. The van der Waals surface area contributed by atoms with Crippen LogP contribution in [-0.2, 0) is 9.53 Å². The molecule has 7 nitrogen and oxygen atoms in total. The highest BCUT2D eigenvalue weighted by Crippen LogP contribution is 2.32. The number of aliphatic carboxylic acids is 1. The second-order valence-electron chi connectivity index (χ2n) is 10.7. The zero-order chi connectivity index (χ0) is 22.4. The second-order valence-corrected chi connectivity index (χ2v) is 10.7. The van der Waals surface area contributed by atoms with Gasteiger partial charge in [0.25, 0.3) is 0 Å². The summed E-state index contributed by atoms with van der Waals surface area (Å²) < 4.78 is 5.52. The summed E-state index contributed by atoms with van der Waals surface area (Å²) in [6, 6.07) is 0.572. The standard InChI is InChI=1S/C24H46N4O3/c1-24(2,22(29)30)28(3)14-13-17-5-9-20(10-6-17)27-23-25-15-19(16-26-23)18-7-11-21(31-4)12-8-18/h17-21,23,25-27H,5-16H2,1-4H3,(H,29,30). The SMILES string of the molecule is COC1CCC(C2CNC(NC3CCC(CCN(C)C(C)(C)C(=O)O)CC3)NC2)CC1. The van der Waals surface area contributed by atoms with Crippen LogP contribution >= 0.6 is 0 Å². The lowest BCUT2D eigenvalue weighted by atomic mass is 9.78. The van der Waals surface area contributed by atoms with Gasteiger partial charge in [0, 0.05) is 26.2 Å². The van der Waals surface area contributed by atoms with Crippen LogP contribution in [0.25, 0.3) is 0 Å². The Morgan fingerprint density at radius 1 is 1.03 bits per heavy atom. The summed E-state index contributed by atoms with van der Waals surface area (Å²) in [6.07, 6.45) is 11.7. The fourth-order valence-corrected chi connectivity index (χ4v) is 5.60. The van der Waals surface area contributed by atoms with Gasteiger partial charge in [-0.3, -0.25) is 25.6 Å². The second kappa shape index (κ2) is 11.4. The van der Waals surface area contributed by atoms with Gasteiger partial charge in [0.1, 0.15) is 11.8 Å². The van der Waals surface area contributed by atoms with Crippen molar-refractivity contribution in [3.63, 3.8) is 0 Å². The minimum atomic E-state index is -0.794. The molecule has 0 atom stereocenters. The molecule has 7 heteroatoms. The van der Waals surface area contributed by atoms with Gasteiger partial charge in [-0.1, -0.05) is 0 Å². The number of ether oxygens (including phenoxy) is 1. The third-order valence-corrected chi connectivity index (χ3v) is 8.49. The first-order chi connectivity index (χ1) is 14.8. The molecule has 1 aliphatic heterocycles. The maximum atomic E-state index is 11.4. The Morgan fingerprint density at radius 3 is 2.19 bits per heavy atom. The van der Waals surface area contributed by atoms with E-state index in [9.17, 15) is 9.90 Å². The molecule has 0 amide bonds. The van der Waals surface area contributed by atoms with Crippen LogP contribution in [0, 0.1) is 17.8 Å². The smallest absolute Gasteiger partial charge is 0.323 e. The normalized spacial score (nSPS) is 35.3. The lowest BCUT2D eigenvalue weighted by Crippen LogP contribution is -2.63. The maximum absolute atomic E-state index is 11.4. The summed E-state index contributed by atoms with van der Waals surface area (Å²) in [5.74, 6) is 1.52. The summed E-state index contributed by atoms with van der Waals surface area (Å²) in [5.41, 5.74) is -0.794. The number of likely N-dealkylation sites (N-methyl/N-ethyl adjacent to an activating group) is 1. The molecule has 1 heterocycles. The van der Waals surface area contributed by atoms with Crippen LogP contribution in [0.2, 0.25) is 0 Å². The lowest BCUT2D eigenvalue weighted by Gasteiger charge is -2.40. The summed E-state index contributed by atoms with van der Waals surface area (Å²) in [7, 11) is 3.77. The zero-order valence-electron chi connectivity index (χ0n) is 20.2. The van der Waals surface area contributed by atoms with Crippen molar-refractivity contribution in [3.8, 4) is 0 Å². The van der Waals surface area contributed by atoms with E-state index in [1.807, 2.05) is 19.1 Å². The monoisotopic (exact) mass is 438 g/mol. The van der Waals surface area contributed by atoms with E-state index in [0.717, 1.165) is 37.9 Å². The number of nitrogens with zero attached hydrogens (tertiary/aromatic N) is 1. The molecular formula is C24H46N4O3. The number of carboxylic acids is 1. The number of methoxy groups -OCH3 is 1. The minimum absolute atomic E-state index is 0.232. The van der Waals surface area contributed by atoms with Crippen molar-refractivity contribution >= 4 is 5.97 Å². The Bertz CT molecular complexity index is 549. The molecule has 0 aromatic carbocycles. The van der Waals surface area contributed by atoms with Gasteiger partial charge in [-0.2, -0.15) is 0 Å². The molecule has 3 fully saturated rings. The van der Waals surface area contributed by atoms with Crippen LogP contribution < -0.4 is 16.0 Å². The van der Waals surface area contributed by atoms with Crippen molar-refractivity contribution in [1.82, 2.24) is 20.9 Å². The number of nitrogens with one attached hydrogen (secondary N) is 3. The molecule has 3 rings (SSSR count). The minimum Gasteiger partial charge on any atom is -0.480 e. The van der Waals surface area contributed by atoms with Crippen molar-refractivity contribution in [2.24, 2.45) is 17.8 Å². The summed E-state index contributed by atoms with van der Waals surface area (Å²) in [5, 5.41) is 20.6. The predicted molar refractivity (Wildman–Crippen MR) is 124 cm³/mol. The maximum Gasteiger partial charge on any atom is 0.323 e. The predicted octanol–water partition coefficient (Wildman–Crippen LogP) is 2.62. The van der Waals surface area contributed by atoms with Gasteiger partial charge in [-0.15, -0.1) is 0 Å². The number of hydrogen-bond acceptors (Lipinski definition) is 6. The van der Waals surface area contributed by atoms with Gasteiger partial charge >= 0.3 is 5.97 Å². The molecule has 31 heavy (non-hydrogen) atoms. The highest BCUT2D eigenvalue weighted by molar-refractivity contribution is 5.77. The van der Waals surface area contributed by atoms with Crippen LogP contribution in [0.15, 0.2) is 0 Å². The van der Waals surface area contributed by atoms with E-state index in [2.05, 4.69) is 16.0 Å². The van der Waals surface area contributed by atoms with E-state index in [-0.39, 0.29) is 6.29 Å². The zero-order valence-corrected chi connectivity index (χ0v) is 20.2. The van der Waals surface area contributed by atoms with Crippen LogP contribution in [0.5, 0.6) is 0 Å². The van der Waals surface area contributed by atoms with E-state index in [1.165, 1.54) is 51.4 Å². The largest absolute Gasteiger partial charge is 0.480 e. The number of hydrogen-bond donors (Lipinski definition) is 4. The first kappa shape index (κ1) is 24.9. The topological polar surface area (TPSA) is 85.9 Å². The fraction of sp³-hybridized carbons (Fsp3) is 0.958. The van der Waals surface area contributed by atoms with Gasteiger partial charge in [0.05, 0.1) is 6.10 Å². The van der Waals surface area contributed by atoms with Crippen LogP contribution in [0.4, 0.5) is 0 Å². The molecule has 0 aromatic heterocycles. The van der Waals surface area contributed by atoms with Crippen molar-refractivity contribution in [2.45, 2.75) is 95.6 Å². The highest BCUT2D eigenvalue weighted by Gasteiger charge is 2.33. The Kier molecular flexibility index (Phi) is 9.17. The molecule has 2 saturated carbocycles. The van der Waals surface area contributed by atoms with Crippen molar-refractivity contribution in [3.05, 3.63) is 0 Å². The number of carboxylic acid groups (broad SMARTS) is 1. The molecule has 1 saturated heterocycles. The summed E-state index contributed by atoms with van der Waals surface area (Å²) in [4.78, 5) is 13.4. The molecule has 3 aliphatic rings. The van der Waals surface area contributed by atoms with Crippen LogP contribution in [0.1, 0.15) is 71.6 Å². The Hall–Kier alpha value is -0.730. The summed E-state index contributed by atoms with van der Waals surface area (Å²) >= 11 is 0. The Labute approximate surface area is 189 Å². The third-order valence-electron chi connectivity index (χ3n) is 8.49. The van der Waals surface area contributed by atoms with Crippen LogP contribution in [-0.4, -0.2) is 73.7 Å². The molecule has 0 aromatic rings. The van der Waals surface area contributed by atoms with Gasteiger partial charge < -0.3 is 9.84 Å². The quantitative estimate of drug-likeness (QED) is 0.440. The molecule has 0 radical (unpaired) electrons. The molecule has 0 spiro atoms. The van der Waals surface area contributed by atoms with E-state index in [4.69, 9.17) is 4.74 Å². The Balaban J connectivity index is 1.30. The highest BCUT2D eigenvalue weighted by atomic mass is 16.5. The first-order valence-corrected chi connectivity index (χ1v) is 12.5. The van der Waals surface area contributed by atoms with E-state index in [0.29, 0.717) is 18.1 Å². The third kappa shape index (κ3) is 6.87. The van der Waals surface area contributed by atoms with E-state index in [1.54, 1.807) is 13.8 Å². The summed E-state index contributed by atoms with van der Waals surface area (Å²) in [6.45, 7) is 6.63. The molecular weight excluding hydrogens is 392 g/mol.